The van der Waals surface area contributed by atoms with Crippen LogP contribution in [0.4, 0.5) is 5.95 Å². The fourth-order valence-corrected chi connectivity index (χ4v) is 2.18. The van der Waals surface area contributed by atoms with Crippen molar-refractivity contribution in [2.24, 2.45) is 0 Å². The summed E-state index contributed by atoms with van der Waals surface area (Å²) in [5.41, 5.74) is 0.985. The summed E-state index contributed by atoms with van der Waals surface area (Å²) in [4.78, 5) is 19.9. The summed E-state index contributed by atoms with van der Waals surface area (Å²) >= 11 is 0. The molecule has 0 bridgehead atoms. The largest absolute Gasteiger partial charge is 0.454 e. The van der Waals surface area contributed by atoms with E-state index in [0.29, 0.717) is 31.9 Å². The van der Waals surface area contributed by atoms with E-state index in [0.717, 1.165) is 17.1 Å². The van der Waals surface area contributed by atoms with Gasteiger partial charge < -0.3 is 20.1 Å². The predicted molar refractivity (Wildman–Crippen MR) is 84.2 cm³/mol. The van der Waals surface area contributed by atoms with E-state index in [1.807, 2.05) is 18.2 Å². The van der Waals surface area contributed by atoms with Gasteiger partial charge in [-0.15, -0.1) is 0 Å². The molecular weight excluding hydrogens is 296 g/mol. The number of aromatic nitrogens is 2. The van der Waals surface area contributed by atoms with Crippen molar-refractivity contribution in [3.05, 3.63) is 42.2 Å². The van der Waals surface area contributed by atoms with Crippen molar-refractivity contribution >= 4 is 11.9 Å². The number of benzene rings is 1. The number of fused-ring (bicyclic) bond motifs is 1. The number of nitrogens with one attached hydrogen (secondary N) is 2. The third-order valence-corrected chi connectivity index (χ3v) is 3.36. The lowest BCUT2D eigenvalue weighted by atomic mass is 10.2. The second kappa shape index (κ2) is 7.44. The van der Waals surface area contributed by atoms with Gasteiger partial charge in [0.15, 0.2) is 11.5 Å². The highest BCUT2D eigenvalue weighted by atomic mass is 16.7. The molecule has 7 heteroatoms. The number of rotatable bonds is 7. The molecule has 0 radical (unpaired) electrons. The number of ether oxygens (including phenoxy) is 2. The van der Waals surface area contributed by atoms with Crippen LogP contribution in [0.3, 0.4) is 0 Å². The summed E-state index contributed by atoms with van der Waals surface area (Å²) in [7, 11) is 0. The standard InChI is InChI=1S/C16H18N4O3/c21-15(3-1-6-17-16-18-7-2-8-19-16)20-10-12-4-5-13-14(9-12)23-11-22-13/h2,4-5,7-9H,1,3,6,10-11H2,(H,20,21)(H,17,18,19). The van der Waals surface area contributed by atoms with Crippen LogP contribution in [0.2, 0.25) is 0 Å². The summed E-state index contributed by atoms with van der Waals surface area (Å²) in [5.74, 6) is 2.06. The number of carbonyl (C=O) groups is 1. The lowest BCUT2D eigenvalue weighted by Crippen LogP contribution is -2.23. The Balaban J connectivity index is 1.35. The van der Waals surface area contributed by atoms with Crippen molar-refractivity contribution in [1.82, 2.24) is 15.3 Å². The third-order valence-electron chi connectivity index (χ3n) is 3.36. The first-order valence-corrected chi connectivity index (χ1v) is 7.47. The van der Waals surface area contributed by atoms with E-state index in [-0.39, 0.29) is 12.7 Å². The number of nitrogens with zero attached hydrogens (tertiary/aromatic N) is 2. The Morgan fingerprint density at radius 2 is 2.00 bits per heavy atom. The molecule has 23 heavy (non-hydrogen) atoms. The molecule has 3 rings (SSSR count). The molecule has 0 atom stereocenters. The zero-order valence-electron chi connectivity index (χ0n) is 12.6. The molecule has 1 aliphatic rings. The van der Waals surface area contributed by atoms with Crippen LogP contribution in [0.25, 0.3) is 0 Å². The number of hydrogen-bond donors (Lipinski definition) is 2. The molecule has 2 N–H and O–H groups in total. The Labute approximate surface area is 134 Å². The second-order valence-electron chi connectivity index (χ2n) is 5.07. The van der Waals surface area contributed by atoms with Gasteiger partial charge in [0, 0.05) is 31.9 Å². The minimum absolute atomic E-state index is 0.0125. The topological polar surface area (TPSA) is 85.4 Å². The molecular formula is C16H18N4O3. The van der Waals surface area contributed by atoms with Crippen LogP contribution in [0, 0.1) is 0 Å². The zero-order chi connectivity index (χ0) is 15.9. The van der Waals surface area contributed by atoms with Crippen molar-refractivity contribution in [1.29, 1.82) is 0 Å². The Kier molecular flexibility index (Phi) is 4.88. The molecule has 1 aliphatic heterocycles. The van der Waals surface area contributed by atoms with Gasteiger partial charge in [-0.3, -0.25) is 4.79 Å². The van der Waals surface area contributed by atoms with E-state index >= 15 is 0 Å². The fraction of sp³-hybridized carbons (Fsp3) is 0.312. The average molecular weight is 314 g/mol. The van der Waals surface area contributed by atoms with Crippen LogP contribution < -0.4 is 20.1 Å². The van der Waals surface area contributed by atoms with E-state index in [4.69, 9.17) is 9.47 Å². The van der Waals surface area contributed by atoms with Crippen LogP contribution in [0.1, 0.15) is 18.4 Å². The van der Waals surface area contributed by atoms with Gasteiger partial charge in [0.05, 0.1) is 0 Å². The van der Waals surface area contributed by atoms with Gasteiger partial charge in [-0.05, 0) is 30.2 Å². The molecule has 7 nitrogen and oxygen atoms in total. The van der Waals surface area contributed by atoms with Gasteiger partial charge >= 0.3 is 0 Å². The van der Waals surface area contributed by atoms with Gasteiger partial charge in [0.25, 0.3) is 0 Å². The Morgan fingerprint density at radius 1 is 1.17 bits per heavy atom. The molecule has 0 aliphatic carbocycles. The molecule has 120 valence electrons. The first-order chi connectivity index (χ1) is 11.3. The van der Waals surface area contributed by atoms with Crippen molar-refractivity contribution in [2.45, 2.75) is 19.4 Å². The van der Waals surface area contributed by atoms with Gasteiger partial charge in [0.1, 0.15) is 0 Å². The summed E-state index contributed by atoms with van der Waals surface area (Å²) in [5, 5.41) is 5.96. The molecule has 1 aromatic heterocycles. The first kappa shape index (κ1) is 15.1. The zero-order valence-corrected chi connectivity index (χ0v) is 12.6. The predicted octanol–water partition coefficient (Wildman–Crippen LogP) is 1.71. The van der Waals surface area contributed by atoms with E-state index in [2.05, 4.69) is 20.6 Å². The van der Waals surface area contributed by atoms with E-state index in [9.17, 15) is 4.79 Å². The average Bonchev–Trinajstić information content (AvgIpc) is 3.05. The first-order valence-electron chi connectivity index (χ1n) is 7.47. The van der Waals surface area contributed by atoms with Crippen molar-refractivity contribution in [3.63, 3.8) is 0 Å². The van der Waals surface area contributed by atoms with Gasteiger partial charge in [0.2, 0.25) is 18.6 Å². The molecule has 0 spiro atoms. The van der Waals surface area contributed by atoms with Gasteiger partial charge in [-0.2, -0.15) is 0 Å². The SMILES string of the molecule is O=C(CCCNc1ncccn1)NCc1ccc2c(c1)OCO2. The maximum atomic E-state index is 11.8. The van der Waals surface area contributed by atoms with Gasteiger partial charge in [-0.1, -0.05) is 6.07 Å². The molecule has 1 aromatic carbocycles. The maximum absolute atomic E-state index is 11.8. The highest BCUT2D eigenvalue weighted by molar-refractivity contribution is 5.75. The summed E-state index contributed by atoms with van der Waals surface area (Å²) in [6.45, 7) is 1.38. The minimum Gasteiger partial charge on any atom is -0.454 e. The second-order valence-corrected chi connectivity index (χ2v) is 5.07. The Morgan fingerprint density at radius 3 is 2.87 bits per heavy atom. The number of anilines is 1. The van der Waals surface area contributed by atoms with Crippen LogP contribution in [0.5, 0.6) is 11.5 Å². The number of carbonyl (C=O) groups excluding carboxylic acids is 1. The van der Waals surface area contributed by atoms with E-state index in [1.165, 1.54) is 0 Å². The molecule has 1 amide bonds. The third kappa shape index (κ3) is 4.32. The molecule has 2 heterocycles. The molecule has 2 aromatic rings. The van der Waals surface area contributed by atoms with Gasteiger partial charge in [-0.25, -0.2) is 9.97 Å². The van der Waals surface area contributed by atoms with E-state index < -0.39 is 0 Å². The van der Waals surface area contributed by atoms with Crippen LogP contribution in [-0.2, 0) is 11.3 Å². The monoisotopic (exact) mass is 314 g/mol. The molecule has 0 fully saturated rings. The van der Waals surface area contributed by atoms with Crippen LogP contribution >= 0.6 is 0 Å². The number of amides is 1. The lowest BCUT2D eigenvalue weighted by molar-refractivity contribution is -0.121. The van der Waals surface area contributed by atoms with Crippen molar-refractivity contribution in [2.75, 3.05) is 18.7 Å². The van der Waals surface area contributed by atoms with Crippen LogP contribution in [0.15, 0.2) is 36.7 Å². The van der Waals surface area contributed by atoms with Crippen molar-refractivity contribution in [3.8, 4) is 11.5 Å². The van der Waals surface area contributed by atoms with Crippen LogP contribution in [-0.4, -0.2) is 29.2 Å². The fourth-order valence-electron chi connectivity index (χ4n) is 2.18. The minimum atomic E-state index is 0.0125. The highest BCUT2D eigenvalue weighted by Crippen LogP contribution is 2.32. The maximum Gasteiger partial charge on any atom is 0.231 e. The molecule has 0 unspecified atom stereocenters. The number of hydrogen-bond acceptors (Lipinski definition) is 6. The van der Waals surface area contributed by atoms with Crippen molar-refractivity contribution < 1.29 is 14.3 Å². The normalized spacial score (nSPS) is 12.0. The molecule has 0 saturated carbocycles. The Bertz CT molecular complexity index is 664. The summed E-state index contributed by atoms with van der Waals surface area (Å²) in [6, 6.07) is 7.42. The summed E-state index contributed by atoms with van der Waals surface area (Å²) in [6.07, 6.45) is 4.51. The Hall–Kier alpha value is -2.83. The lowest BCUT2D eigenvalue weighted by Gasteiger charge is -2.07. The quantitative estimate of drug-likeness (QED) is 0.757. The highest BCUT2D eigenvalue weighted by Gasteiger charge is 2.13. The molecule has 0 saturated heterocycles. The summed E-state index contributed by atoms with van der Waals surface area (Å²) < 4.78 is 10.6. The van der Waals surface area contributed by atoms with E-state index in [1.54, 1.807) is 18.5 Å². The smallest absolute Gasteiger partial charge is 0.231 e.